The molecule has 0 radical (unpaired) electrons. The molecule has 1 saturated carbocycles. The fourth-order valence-corrected chi connectivity index (χ4v) is 4.23. The van der Waals surface area contributed by atoms with Gasteiger partial charge in [-0.3, -0.25) is 4.79 Å². The summed E-state index contributed by atoms with van der Waals surface area (Å²) in [5.41, 5.74) is 0.0263. The number of nitrogens with one attached hydrogen (secondary N) is 1. The Morgan fingerprint density at radius 2 is 1.72 bits per heavy atom. The Morgan fingerprint density at radius 1 is 1.12 bits per heavy atom. The molecule has 0 spiro atoms. The van der Waals surface area contributed by atoms with E-state index in [1.807, 2.05) is 27.7 Å². The van der Waals surface area contributed by atoms with Crippen molar-refractivity contribution >= 4 is 5.91 Å². The van der Waals surface area contributed by atoms with Gasteiger partial charge in [0.25, 0.3) is 0 Å². The van der Waals surface area contributed by atoms with E-state index in [2.05, 4.69) is 39.9 Å². The topological polar surface area (TPSA) is 29.1 Å². The molecular weight excluding hydrogens is 306 g/mol. The first-order chi connectivity index (χ1) is 11.9. The van der Waals surface area contributed by atoms with Crippen LogP contribution in [0.15, 0.2) is 0 Å². The zero-order chi connectivity index (χ0) is 19.9. The Balaban J connectivity index is 0. The lowest BCUT2D eigenvalue weighted by Crippen LogP contribution is -2.51. The number of rotatable bonds is 8. The largest absolute Gasteiger partial charge is 0.351 e. The van der Waals surface area contributed by atoms with Gasteiger partial charge in [0.2, 0.25) is 5.91 Å². The molecule has 4 unspecified atom stereocenters. The molecule has 1 N–H and O–H groups in total. The summed E-state index contributed by atoms with van der Waals surface area (Å²) in [6, 6.07) is 0. The molecule has 1 rings (SSSR count). The van der Waals surface area contributed by atoms with Crippen LogP contribution < -0.4 is 5.32 Å². The molecular formula is C23H49NO. The summed E-state index contributed by atoms with van der Waals surface area (Å²) in [5.74, 6) is 2.36. The normalized spacial score (nSPS) is 26.4. The Kier molecular flexibility index (Phi) is 16.8. The quantitative estimate of drug-likeness (QED) is 0.484. The van der Waals surface area contributed by atoms with Gasteiger partial charge in [-0.25, -0.2) is 0 Å². The average Bonchev–Trinajstić information content (AvgIpc) is 2.60. The van der Waals surface area contributed by atoms with Gasteiger partial charge >= 0.3 is 0 Å². The molecule has 0 aromatic heterocycles. The smallest absolute Gasteiger partial charge is 0.220 e. The van der Waals surface area contributed by atoms with Crippen molar-refractivity contribution in [2.75, 3.05) is 0 Å². The molecule has 1 aliphatic rings. The van der Waals surface area contributed by atoms with Crippen LogP contribution in [0.25, 0.3) is 0 Å². The first-order valence-corrected chi connectivity index (χ1v) is 11.2. The van der Waals surface area contributed by atoms with E-state index in [0.29, 0.717) is 5.92 Å². The summed E-state index contributed by atoms with van der Waals surface area (Å²) >= 11 is 0. The SMILES string of the molecule is CC.CC.CCCCC(CC)CC(=O)NC1(C)CC(C)CC(CC)C1. The standard InChI is InChI=1S/C19H37NO.2C2H6/c1-6-9-10-16(7-2)12-18(21)20-19(5)13-15(4)11-17(8-3)14-19;2*1-2/h15-17H,6-14H2,1-5H3,(H,20,21);2*1-2H3. The summed E-state index contributed by atoms with van der Waals surface area (Å²) < 4.78 is 0. The second kappa shape index (κ2) is 15.7. The van der Waals surface area contributed by atoms with Crippen LogP contribution >= 0.6 is 0 Å². The van der Waals surface area contributed by atoms with E-state index in [9.17, 15) is 4.79 Å². The maximum absolute atomic E-state index is 12.4. The number of unbranched alkanes of at least 4 members (excludes halogenated alkanes) is 1. The molecule has 152 valence electrons. The number of hydrogen-bond acceptors (Lipinski definition) is 1. The lowest BCUT2D eigenvalue weighted by molar-refractivity contribution is -0.124. The molecule has 0 aliphatic heterocycles. The minimum atomic E-state index is 0.0263. The van der Waals surface area contributed by atoms with Crippen LogP contribution in [0.2, 0.25) is 0 Å². The predicted octanol–water partition coefficient (Wildman–Crippen LogP) is 7.37. The monoisotopic (exact) mass is 355 g/mol. The molecule has 0 aromatic carbocycles. The van der Waals surface area contributed by atoms with E-state index in [0.717, 1.165) is 37.5 Å². The van der Waals surface area contributed by atoms with E-state index in [1.165, 1.54) is 32.1 Å². The fourth-order valence-electron chi connectivity index (χ4n) is 4.23. The number of amides is 1. The second-order valence-corrected chi connectivity index (χ2v) is 7.75. The van der Waals surface area contributed by atoms with Crippen molar-refractivity contribution in [1.82, 2.24) is 5.32 Å². The molecule has 2 heteroatoms. The van der Waals surface area contributed by atoms with E-state index in [-0.39, 0.29) is 11.4 Å². The zero-order valence-electron chi connectivity index (χ0n) is 19.0. The van der Waals surface area contributed by atoms with Crippen molar-refractivity contribution in [2.45, 2.75) is 126 Å². The maximum atomic E-state index is 12.4. The van der Waals surface area contributed by atoms with Gasteiger partial charge in [-0.2, -0.15) is 0 Å². The highest BCUT2D eigenvalue weighted by Crippen LogP contribution is 2.37. The minimum Gasteiger partial charge on any atom is -0.351 e. The molecule has 0 heterocycles. The summed E-state index contributed by atoms with van der Waals surface area (Å²) in [4.78, 5) is 12.4. The number of carbonyl (C=O) groups is 1. The lowest BCUT2D eigenvalue weighted by Gasteiger charge is -2.42. The van der Waals surface area contributed by atoms with Crippen molar-refractivity contribution in [3.05, 3.63) is 0 Å². The van der Waals surface area contributed by atoms with Crippen LogP contribution in [0.4, 0.5) is 0 Å². The second-order valence-electron chi connectivity index (χ2n) is 7.75. The van der Waals surface area contributed by atoms with Crippen molar-refractivity contribution < 1.29 is 4.79 Å². The summed E-state index contributed by atoms with van der Waals surface area (Å²) in [7, 11) is 0. The van der Waals surface area contributed by atoms with Gasteiger partial charge in [-0.05, 0) is 50.4 Å². The van der Waals surface area contributed by atoms with Crippen LogP contribution in [0, 0.1) is 17.8 Å². The third-order valence-corrected chi connectivity index (χ3v) is 5.31. The first kappa shape index (κ1) is 26.7. The van der Waals surface area contributed by atoms with Crippen molar-refractivity contribution in [3.8, 4) is 0 Å². The molecule has 1 aliphatic carbocycles. The van der Waals surface area contributed by atoms with Gasteiger partial charge in [0.05, 0.1) is 0 Å². The predicted molar refractivity (Wildman–Crippen MR) is 114 cm³/mol. The van der Waals surface area contributed by atoms with Crippen LogP contribution in [0.3, 0.4) is 0 Å². The molecule has 0 saturated heterocycles. The lowest BCUT2D eigenvalue weighted by atomic mass is 9.71. The van der Waals surface area contributed by atoms with Gasteiger partial charge in [-0.1, -0.05) is 81.1 Å². The molecule has 0 bridgehead atoms. The molecule has 4 atom stereocenters. The highest BCUT2D eigenvalue weighted by molar-refractivity contribution is 5.77. The first-order valence-electron chi connectivity index (χ1n) is 11.2. The minimum absolute atomic E-state index is 0.0263. The fraction of sp³-hybridized carbons (Fsp3) is 0.957. The molecule has 2 nitrogen and oxygen atoms in total. The third-order valence-electron chi connectivity index (χ3n) is 5.31. The Morgan fingerprint density at radius 3 is 2.20 bits per heavy atom. The summed E-state index contributed by atoms with van der Waals surface area (Å²) in [6.45, 7) is 19.3. The van der Waals surface area contributed by atoms with Gasteiger partial charge in [0, 0.05) is 12.0 Å². The zero-order valence-corrected chi connectivity index (χ0v) is 19.0. The van der Waals surface area contributed by atoms with Gasteiger partial charge < -0.3 is 5.32 Å². The van der Waals surface area contributed by atoms with E-state index in [4.69, 9.17) is 0 Å². The Bertz CT molecular complexity index is 315. The highest BCUT2D eigenvalue weighted by atomic mass is 16.1. The molecule has 25 heavy (non-hydrogen) atoms. The maximum Gasteiger partial charge on any atom is 0.220 e. The summed E-state index contributed by atoms with van der Waals surface area (Å²) in [6.07, 6.45) is 10.4. The van der Waals surface area contributed by atoms with Gasteiger partial charge in [-0.15, -0.1) is 0 Å². The van der Waals surface area contributed by atoms with Crippen molar-refractivity contribution in [2.24, 2.45) is 17.8 Å². The van der Waals surface area contributed by atoms with E-state index in [1.54, 1.807) is 0 Å². The Hall–Kier alpha value is -0.530. The number of hydrogen-bond donors (Lipinski definition) is 1. The highest BCUT2D eigenvalue weighted by Gasteiger charge is 2.36. The van der Waals surface area contributed by atoms with Crippen LogP contribution in [-0.4, -0.2) is 11.4 Å². The van der Waals surface area contributed by atoms with Crippen molar-refractivity contribution in [1.29, 1.82) is 0 Å². The van der Waals surface area contributed by atoms with Crippen LogP contribution in [0.5, 0.6) is 0 Å². The average molecular weight is 356 g/mol. The number of carbonyl (C=O) groups excluding carboxylic acids is 1. The molecule has 1 fully saturated rings. The summed E-state index contributed by atoms with van der Waals surface area (Å²) in [5, 5.41) is 3.39. The van der Waals surface area contributed by atoms with Crippen LogP contribution in [0.1, 0.15) is 120 Å². The van der Waals surface area contributed by atoms with Gasteiger partial charge in [0.15, 0.2) is 0 Å². The molecule has 1 amide bonds. The molecule has 0 aromatic rings. The van der Waals surface area contributed by atoms with E-state index >= 15 is 0 Å². The van der Waals surface area contributed by atoms with Crippen LogP contribution in [-0.2, 0) is 4.79 Å². The van der Waals surface area contributed by atoms with E-state index < -0.39 is 0 Å². The third kappa shape index (κ3) is 11.7. The van der Waals surface area contributed by atoms with Crippen molar-refractivity contribution in [3.63, 3.8) is 0 Å². The Labute approximate surface area is 159 Å². The van der Waals surface area contributed by atoms with Gasteiger partial charge in [0.1, 0.15) is 0 Å².